The van der Waals surface area contributed by atoms with Gasteiger partial charge in [0.25, 0.3) is 0 Å². The second-order valence-electron chi connectivity index (χ2n) is 8.66. The quantitative estimate of drug-likeness (QED) is 0.269. The Morgan fingerprint density at radius 2 is 0.909 bits per heavy atom. The summed E-state index contributed by atoms with van der Waals surface area (Å²) in [4.78, 5) is 0. The summed E-state index contributed by atoms with van der Waals surface area (Å²) >= 11 is 0. The number of hydrogen-bond acceptors (Lipinski definition) is 1. The molecule has 0 saturated heterocycles. The van der Waals surface area contributed by atoms with Crippen molar-refractivity contribution in [1.82, 2.24) is 0 Å². The molecule has 0 bridgehead atoms. The van der Waals surface area contributed by atoms with Crippen LogP contribution in [0, 0.1) is 6.92 Å². The van der Waals surface area contributed by atoms with Gasteiger partial charge in [-0.25, -0.2) is 0 Å². The average molecular weight is 441 g/mol. The Kier molecular flexibility index (Phi) is 4.74. The van der Waals surface area contributed by atoms with Gasteiger partial charge in [-0.1, -0.05) is 115 Å². The molecule has 33 heavy (non-hydrogen) atoms. The van der Waals surface area contributed by atoms with Crippen molar-refractivity contribution in [3.05, 3.63) is 133 Å². The van der Waals surface area contributed by atoms with Crippen molar-refractivity contribution in [2.75, 3.05) is 0 Å². The van der Waals surface area contributed by atoms with Gasteiger partial charge in [-0.2, -0.15) is 0 Å². The minimum absolute atomic E-state index is 0.941. The lowest BCUT2D eigenvalue weighted by molar-refractivity contribution is 0.669. The number of aryl methyl sites for hydroxylation is 1. The summed E-state index contributed by atoms with van der Waals surface area (Å²) in [6, 6.07) is 46.4. The smallest absolute Gasteiger partial charge is 0.179 e. The fourth-order valence-corrected chi connectivity index (χ4v) is 9.96. The van der Waals surface area contributed by atoms with Crippen molar-refractivity contribution < 1.29 is 4.42 Å². The summed E-state index contributed by atoms with van der Waals surface area (Å²) in [5.74, 6) is 0. The van der Waals surface area contributed by atoms with Crippen LogP contribution in [0.3, 0.4) is 0 Å². The molecule has 0 amide bonds. The molecule has 0 N–H and O–H groups in total. The van der Waals surface area contributed by atoms with E-state index in [4.69, 9.17) is 4.42 Å². The van der Waals surface area contributed by atoms with E-state index in [0.29, 0.717) is 0 Å². The topological polar surface area (TPSA) is 13.1 Å². The summed E-state index contributed by atoms with van der Waals surface area (Å²) in [6.45, 7) is 2.14. The molecule has 0 fully saturated rings. The maximum atomic E-state index is 6.21. The van der Waals surface area contributed by atoms with Gasteiger partial charge in [0.1, 0.15) is 11.2 Å². The van der Waals surface area contributed by atoms with Gasteiger partial charge < -0.3 is 4.42 Å². The lowest BCUT2D eigenvalue weighted by Gasteiger charge is -2.34. The first kappa shape index (κ1) is 19.8. The first-order valence-electron chi connectivity index (χ1n) is 11.4. The van der Waals surface area contributed by atoms with E-state index >= 15 is 0 Å². The largest absolute Gasteiger partial charge is 0.456 e. The van der Waals surface area contributed by atoms with E-state index in [-0.39, 0.29) is 0 Å². The fraction of sp³-hybridized carbons (Fsp3) is 0.0323. The molecular weight excluding hydrogens is 416 g/mol. The molecule has 1 heterocycles. The average Bonchev–Trinajstić information content (AvgIpc) is 3.24. The van der Waals surface area contributed by atoms with Crippen molar-refractivity contribution in [2.45, 2.75) is 6.92 Å². The highest BCUT2D eigenvalue weighted by Crippen LogP contribution is 2.29. The summed E-state index contributed by atoms with van der Waals surface area (Å²) in [6.07, 6.45) is 0. The third kappa shape index (κ3) is 3.14. The van der Waals surface area contributed by atoms with Gasteiger partial charge in [-0.05, 0) is 45.9 Å². The van der Waals surface area contributed by atoms with Crippen LogP contribution in [0.5, 0.6) is 0 Å². The Bertz CT molecular complexity index is 1450. The van der Waals surface area contributed by atoms with Crippen LogP contribution in [0.25, 0.3) is 21.9 Å². The van der Waals surface area contributed by atoms with Gasteiger partial charge in [0.15, 0.2) is 8.07 Å². The second-order valence-corrected chi connectivity index (χ2v) is 12.5. The summed E-state index contributed by atoms with van der Waals surface area (Å²) < 4.78 is 6.21. The first-order valence-corrected chi connectivity index (χ1v) is 13.4. The Hall–Kier alpha value is -3.88. The molecule has 6 rings (SSSR count). The van der Waals surface area contributed by atoms with Crippen molar-refractivity contribution in [3.63, 3.8) is 0 Å². The second kappa shape index (κ2) is 7.91. The molecule has 5 aromatic carbocycles. The van der Waals surface area contributed by atoms with E-state index in [1.807, 2.05) is 0 Å². The molecule has 0 aliphatic rings. The number of hydrogen-bond donors (Lipinski definition) is 0. The molecule has 158 valence electrons. The van der Waals surface area contributed by atoms with Crippen LogP contribution >= 0.6 is 0 Å². The number of benzene rings is 5. The Balaban J connectivity index is 1.75. The molecule has 0 aliphatic heterocycles. The van der Waals surface area contributed by atoms with Gasteiger partial charge in [-0.15, -0.1) is 0 Å². The van der Waals surface area contributed by atoms with E-state index in [1.54, 1.807) is 0 Å². The van der Waals surface area contributed by atoms with Crippen LogP contribution in [0.2, 0.25) is 0 Å². The minimum Gasteiger partial charge on any atom is -0.456 e. The maximum absolute atomic E-state index is 6.21. The highest BCUT2D eigenvalue weighted by molar-refractivity contribution is 7.20. The zero-order chi connectivity index (χ0) is 22.3. The van der Waals surface area contributed by atoms with Gasteiger partial charge in [0.05, 0.1) is 0 Å². The lowest BCUT2D eigenvalue weighted by atomic mass is 10.1. The third-order valence-electron chi connectivity index (χ3n) is 6.68. The van der Waals surface area contributed by atoms with Crippen LogP contribution in [-0.4, -0.2) is 8.07 Å². The number of fused-ring (bicyclic) bond motifs is 3. The monoisotopic (exact) mass is 440 g/mol. The van der Waals surface area contributed by atoms with Gasteiger partial charge in [-0.3, -0.25) is 0 Å². The first-order chi connectivity index (χ1) is 16.3. The molecule has 0 spiro atoms. The molecule has 0 unspecified atom stereocenters. The Labute approximate surface area is 195 Å². The fourth-order valence-electron chi connectivity index (χ4n) is 5.19. The van der Waals surface area contributed by atoms with Crippen molar-refractivity contribution in [1.29, 1.82) is 0 Å². The molecule has 0 atom stereocenters. The molecule has 0 saturated carbocycles. The summed E-state index contributed by atoms with van der Waals surface area (Å²) in [7, 11) is -2.53. The Morgan fingerprint density at radius 1 is 0.455 bits per heavy atom. The maximum Gasteiger partial charge on any atom is 0.179 e. The van der Waals surface area contributed by atoms with E-state index in [2.05, 4.69) is 134 Å². The predicted octanol–water partition coefficient (Wildman–Crippen LogP) is 5.27. The molecule has 0 radical (unpaired) electrons. The van der Waals surface area contributed by atoms with E-state index in [9.17, 15) is 0 Å². The summed E-state index contributed by atoms with van der Waals surface area (Å²) in [5.41, 5.74) is 3.13. The zero-order valence-corrected chi connectivity index (χ0v) is 19.5. The van der Waals surface area contributed by atoms with Gasteiger partial charge in [0.2, 0.25) is 0 Å². The lowest BCUT2D eigenvalue weighted by Crippen LogP contribution is -2.74. The van der Waals surface area contributed by atoms with E-state index < -0.39 is 8.07 Å². The van der Waals surface area contributed by atoms with Crippen LogP contribution in [0.1, 0.15) is 5.56 Å². The molecule has 2 heteroatoms. The molecule has 1 aromatic heterocycles. The van der Waals surface area contributed by atoms with Crippen LogP contribution < -0.4 is 20.7 Å². The zero-order valence-electron chi connectivity index (χ0n) is 18.5. The number of furan rings is 1. The number of rotatable bonds is 4. The van der Waals surface area contributed by atoms with Crippen molar-refractivity contribution in [3.8, 4) is 0 Å². The van der Waals surface area contributed by atoms with E-state index in [1.165, 1.54) is 37.1 Å². The van der Waals surface area contributed by atoms with Gasteiger partial charge in [0, 0.05) is 10.8 Å². The SMILES string of the molecule is Cc1ccc2oc3ccc([Si](c4ccccc4)(c4ccccc4)c4ccccc4)cc3c2c1. The summed E-state index contributed by atoms with van der Waals surface area (Å²) in [5, 5.41) is 7.87. The van der Waals surface area contributed by atoms with Gasteiger partial charge >= 0.3 is 0 Å². The molecular formula is C31H24OSi. The van der Waals surface area contributed by atoms with Crippen LogP contribution in [0.4, 0.5) is 0 Å². The predicted molar refractivity (Wildman–Crippen MR) is 142 cm³/mol. The molecule has 6 aromatic rings. The minimum atomic E-state index is -2.53. The highest BCUT2D eigenvalue weighted by atomic mass is 28.3. The van der Waals surface area contributed by atoms with Crippen LogP contribution in [-0.2, 0) is 0 Å². The standard InChI is InChI=1S/C31H24OSi/c1-23-17-19-30-28(21-23)29-22-27(18-20-31(29)32-30)33(24-11-5-2-6-12-24,25-13-7-3-8-14-25)26-15-9-4-10-16-26/h2-22H,1H3. The molecule has 0 aliphatic carbocycles. The van der Waals surface area contributed by atoms with Crippen molar-refractivity contribution in [2.24, 2.45) is 0 Å². The highest BCUT2D eigenvalue weighted by Gasteiger charge is 2.41. The Morgan fingerprint density at radius 3 is 1.42 bits per heavy atom. The van der Waals surface area contributed by atoms with Crippen molar-refractivity contribution >= 4 is 50.8 Å². The molecule has 1 nitrogen and oxygen atoms in total. The van der Waals surface area contributed by atoms with E-state index in [0.717, 1.165) is 11.2 Å². The van der Waals surface area contributed by atoms with Crippen LogP contribution in [0.15, 0.2) is 132 Å². The normalized spacial score (nSPS) is 11.8. The third-order valence-corrected chi connectivity index (χ3v) is 11.5.